The fourth-order valence-corrected chi connectivity index (χ4v) is 5.24. The first-order valence-electron chi connectivity index (χ1n) is 11.0. The van der Waals surface area contributed by atoms with Gasteiger partial charge in [0, 0.05) is 30.6 Å². The second-order valence-corrected chi connectivity index (χ2v) is 11.1. The average molecular weight is 517 g/mol. The Bertz CT molecular complexity index is 1170. The summed E-state index contributed by atoms with van der Waals surface area (Å²) in [5.74, 6) is -2.92. The van der Waals surface area contributed by atoms with Gasteiger partial charge in [0.05, 0.1) is 11.7 Å². The third-order valence-corrected chi connectivity index (χ3v) is 7.17. The quantitative estimate of drug-likeness (QED) is 0.537. The topological polar surface area (TPSA) is 157 Å². The van der Waals surface area contributed by atoms with Crippen LogP contribution in [0.15, 0.2) is 6.07 Å². The molecule has 2 heterocycles. The molecule has 0 bridgehead atoms. The van der Waals surface area contributed by atoms with Crippen molar-refractivity contribution < 1.29 is 42.1 Å². The molecule has 1 saturated heterocycles. The average Bonchev–Trinajstić information content (AvgIpc) is 3.19. The molecule has 0 saturated carbocycles. The standard InChI is InChI=1S/C21H29FN4O8S/c1-6-11(2)24(20(31)34-21(3,4)5)9-12-7-13-14(26(12)19(29)30)8-15(27)18(17(13)22)25-10-16(28)23-35(25,32)33/h8,11-12,27H,6-7,9-10H2,1-5H3,(H,23,28)(H,29,30)/t11-,12-/m1/s1. The van der Waals surface area contributed by atoms with E-state index in [2.05, 4.69) is 0 Å². The van der Waals surface area contributed by atoms with Crippen LogP contribution in [0.4, 0.5) is 25.4 Å². The molecule has 14 heteroatoms. The van der Waals surface area contributed by atoms with Gasteiger partial charge in [-0.25, -0.2) is 23.0 Å². The number of nitrogens with zero attached hydrogens (tertiary/aromatic N) is 3. The number of carbonyl (C=O) groups is 3. The minimum atomic E-state index is -4.42. The summed E-state index contributed by atoms with van der Waals surface area (Å²) < 4.78 is 47.6. The summed E-state index contributed by atoms with van der Waals surface area (Å²) in [6.07, 6.45) is -1.77. The molecule has 3 N–H and O–H groups in total. The van der Waals surface area contributed by atoms with Crippen LogP contribution in [0.1, 0.15) is 46.6 Å². The van der Waals surface area contributed by atoms with Gasteiger partial charge >= 0.3 is 22.4 Å². The van der Waals surface area contributed by atoms with E-state index in [1.807, 2.05) is 6.92 Å². The zero-order chi connectivity index (χ0) is 26.5. The number of halogens is 1. The summed E-state index contributed by atoms with van der Waals surface area (Å²) in [7, 11) is -4.42. The molecule has 194 valence electrons. The second kappa shape index (κ2) is 9.06. The Balaban J connectivity index is 2.02. The van der Waals surface area contributed by atoms with Gasteiger partial charge in [0.15, 0.2) is 5.82 Å². The first-order valence-corrected chi connectivity index (χ1v) is 12.4. The van der Waals surface area contributed by atoms with Gasteiger partial charge in [-0.2, -0.15) is 8.42 Å². The number of rotatable bonds is 5. The SMILES string of the molecule is CC[C@@H](C)N(C[C@H]1Cc2c(cc(O)c(N3CC(=O)NS3(=O)=O)c2F)N1C(=O)O)C(=O)OC(C)(C)C. The molecule has 0 aromatic heterocycles. The number of fused-ring (bicyclic) bond motifs is 1. The zero-order valence-corrected chi connectivity index (χ0v) is 20.8. The highest BCUT2D eigenvalue weighted by Gasteiger charge is 2.44. The van der Waals surface area contributed by atoms with Crippen LogP contribution >= 0.6 is 0 Å². The number of benzene rings is 1. The van der Waals surface area contributed by atoms with E-state index >= 15 is 4.39 Å². The Labute approximate surface area is 202 Å². The van der Waals surface area contributed by atoms with Crippen LogP contribution < -0.4 is 13.9 Å². The Morgan fingerprint density at radius 2 is 2.00 bits per heavy atom. The van der Waals surface area contributed by atoms with Gasteiger partial charge in [-0.05, 0) is 34.1 Å². The molecule has 1 aromatic carbocycles. The largest absolute Gasteiger partial charge is 0.506 e. The van der Waals surface area contributed by atoms with Crippen LogP contribution in [0, 0.1) is 5.82 Å². The van der Waals surface area contributed by atoms with Crippen LogP contribution in [0.5, 0.6) is 5.75 Å². The molecule has 2 atom stereocenters. The lowest BCUT2D eigenvalue weighted by atomic mass is 10.1. The first-order chi connectivity index (χ1) is 16.1. The maximum Gasteiger partial charge on any atom is 0.412 e. The second-order valence-electron chi connectivity index (χ2n) is 9.49. The molecule has 1 fully saturated rings. The van der Waals surface area contributed by atoms with Crippen molar-refractivity contribution in [2.75, 3.05) is 22.3 Å². The highest BCUT2D eigenvalue weighted by Crippen LogP contribution is 2.44. The Morgan fingerprint density at radius 1 is 1.37 bits per heavy atom. The molecule has 0 aliphatic carbocycles. The highest BCUT2D eigenvalue weighted by molar-refractivity contribution is 7.92. The molecule has 0 spiro atoms. The minimum Gasteiger partial charge on any atom is -0.506 e. The van der Waals surface area contributed by atoms with Crippen LogP contribution in [0.3, 0.4) is 0 Å². The summed E-state index contributed by atoms with van der Waals surface area (Å²) in [6.45, 7) is 7.82. The number of phenols is 1. The van der Waals surface area contributed by atoms with E-state index in [1.165, 1.54) is 4.90 Å². The monoisotopic (exact) mass is 516 g/mol. The third-order valence-electron chi connectivity index (χ3n) is 5.80. The molecule has 0 unspecified atom stereocenters. The molecule has 3 rings (SSSR count). The van der Waals surface area contributed by atoms with Crippen molar-refractivity contribution in [3.8, 4) is 5.75 Å². The normalized spacial score (nSPS) is 19.8. The van der Waals surface area contributed by atoms with E-state index in [4.69, 9.17) is 4.74 Å². The Kier molecular flexibility index (Phi) is 6.81. The number of carbonyl (C=O) groups excluding carboxylic acids is 2. The molecule has 2 aliphatic rings. The zero-order valence-electron chi connectivity index (χ0n) is 20.0. The van der Waals surface area contributed by atoms with E-state index in [1.54, 1.807) is 32.4 Å². The number of ether oxygens (including phenoxy) is 1. The van der Waals surface area contributed by atoms with Gasteiger partial charge in [0.2, 0.25) is 0 Å². The van der Waals surface area contributed by atoms with Crippen molar-refractivity contribution in [1.82, 2.24) is 9.62 Å². The van der Waals surface area contributed by atoms with Crippen LogP contribution in [-0.4, -0.2) is 72.4 Å². The van der Waals surface area contributed by atoms with Crippen molar-refractivity contribution in [1.29, 1.82) is 0 Å². The van der Waals surface area contributed by atoms with Gasteiger partial charge in [0.25, 0.3) is 5.91 Å². The van der Waals surface area contributed by atoms with Gasteiger partial charge in [0.1, 0.15) is 23.6 Å². The predicted octanol–water partition coefficient (Wildman–Crippen LogP) is 2.16. The summed E-state index contributed by atoms with van der Waals surface area (Å²) >= 11 is 0. The Morgan fingerprint density at radius 3 is 2.49 bits per heavy atom. The number of anilines is 2. The van der Waals surface area contributed by atoms with Crippen LogP contribution in [0.2, 0.25) is 0 Å². The van der Waals surface area contributed by atoms with Crippen molar-refractivity contribution >= 4 is 39.7 Å². The summed E-state index contributed by atoms with van der Waals surface area (Å²) in [5, 5.41) is 20.3. The van der Waals surface area contributed by atoms with Crippen LogP contribution in [0.25, 0.3) is 0 Å². The number of hydrogen-bond acceptors (Lipinski definition) is 7. The van der Waals surface area contributed by atoms with E-state index < -0.39 is 63.7 Å². The first kappa shape index (κ1) is 26.3. The molecular weight excluding hydrogens is 487 g/mol. The molecule has 3 amide bonds. The summed E-state index contributed by atoms with van der Waals surface area (Å²) in [5.41, 5.74) is -1.88. The third kappa shape index (κ3) is 5.06. The number of hydrogen-bond donors (Lipinski definition) is 3. The van der Waals surface area contributed by atoms with Gasteiger partial charge in [-0.15, -0.1) is 0 Å². The lowest BCUT2D eigenvalue weighted by Gasteiger charge is -2.34. The van der Waals surface area contributed by atoms with E-state index in [-0.39, 0.29) is 30.3 Å². The number of aromatic hydroxyl groups is 1. The van der Waals surface area contributed by atoms with E-state index in [0.717, 1.165) is 11.0 Å². The highest BCUT2D eigenvalue weighted by atomic mass is 32.2. The molecule has 12 nitrogen and oxygen atoms in total. The van der Waals surface area contributed by atoms with Gasteiger partial charge < -0.3 is 19.8 Å². The molecule has 2 aliphatic heterocycles. The lowest BCUT2D eigenvalue weighted by molar-refractivity contribution is -0.117. The summed E-state index contributed by atoms with van der Waals surface area (Å²) in [4.78, 5) is 38.8. The molecule has 0 radical (unpaired) electrons. The lowest BCUT2D eigenvalue weighted by Crippen LogP contribution is -2.50. The number of nitrogens with one attached hydrogen (secondary N) is 1. The number of amides is 3. The van der Waals surface area contributed by atoms with E-state index in [9.17, 15) is 33.0 Å². The minimum absolute atomic E-state index is 0.136. The van der Waals surface area contributed by atoms with Crippen molar-refractivity contribution in [2.45, 2.75) is 65.1 Å². The molecular formula is C21H29FN4O8S. The van der Waals surface area contributed by atoms with Gasteiger partial charge in [-0.3, -0.25) is 9.69 Å². The Hall–Kier alpha value is -3.29. The van der Waals surface area contributed by atoms with E-state index in [0.29, 0.717) is 10.7 Å². The maximum atomic E-state index is 15.6. The van der Waals surface area contributed by atoms with Crippen LogP contribution in [-0.2, 0) is 26.2 Å². The van der Waals surface area contributed by atoms with Crippen molar-refractivity contribution in [2.24, 2.45) is 0 Å². The maximum absolute atomic E-state index is 15.6. The molecule has 35 heavy (non-hydrogen) atoms. The number of phenolic OH excluding ortho intramolecular Hbond substituents is 1. The smallest absolute Gasteiger partial charge is 0.412 e. The number of carboxylic acid groups (broad SMARTS) is 1. The van der Waals surface area contributed by atoms with Crippen molar-refractivity contribution in [3.63, 3.8) is 0 Å². The summed E-state index contributed by atoms with van der Waals surface area (Å²) in [6, 6.07) is -0.325. The van der Waals surface area contributed by atoms with Crippen molar-refractivity contribution in [3.05, 3.63) is 17.4 Å². The fraction of sp³-hybridized carbons (Fsp3) is 0.571. The molecule has 1 aromatic rings. The fourth-order valence-electron chi connectivity index (χ4n) is 4.08. The van der Waals surface area contributed by atoms with Gasteiger partial charge in [-0.1, -0.05) is 6.92 Å². The predicted molar refractivity (Wildman–Crippen MR) is 123 cm³/mol.